The Kier molecular flexibility index (Phi) is 9.17. The Morgan fingerprint density at radius 2 is 1.58 bits per heavy atom. The SMILES string of the molecule is CC.COC(=O)C(Cc1ccc(C)cc1)NC(=O)c1c(Cl)cccc1Cl. The Morgan fingerprint density at radius 1 is 1.04 bits per heavy atom. The van der Waals surface area contributed by atoms with Crippen LogP contribution in [0.2, 0.25) is 10.0 Å². The third-order valence-electron chi connectivity index (χ3n) is 3.54. The van der Waals surface area contributed by atoms with Crippen LogP contribution in [0.4, 0.5) is 0 Å². The number of carbonyl (C=O) groups excluding carboxylic acids is 2. The molecule has 4 nitrogen and oxygen atoms in total. The van der Waals surface area contributed by atoms with Gasteiger partial charge in [-0.3, -0.25) is 4.79 Å². The van der Waals surface area contributed by atoms with Crippen LogP contribution in [0.3, 0.4) is 0 Å². The molecule has 0 heterocycles. The Bertz CT molecular complexity index is 725. The van der Waals surface area contributed by atoms with E-state index < -0.39 is 17.9 Å². The second kappa shape index (κ2) is 10.8. The quantitative estimate of drug-likeness (QED) is 0.736. The van der Waals surface area contributed by atoms with Crippen LogP contribution in [-0.2, 0) is 16.0 Å². The zero-order valence-corrected chi connectivity index (χ0v) is 16.8. The molecule has 0 bridgehead atoms. The topological polar surface area (TPSA) is 55.4 Å². The number of aryl methyl sites for hydroxylation is 1. The number of methoxy groups -OCH3 is 1. The van der Waals surface area contributed by atoms with Gasteiger partial charge in [0, 0.05) is 6.42 Å². The molecular formula is C20H23Cl2NO3. The molecule has 0 aliphatic heterocycles. The molecule has 0 spiro atoms. The number of nitrogens with one attached hydrogen (secondary N) is 1. The minimum absolute atomic E-state index is 0.138. The van der Waals surface area contributed by atoms with Crippen molar-refractivity contribution in [1.82, 2.24) is 5.32 Å². The summed E-state index contributed by atoms with van der Waals surface area (Å²) in [5.41, 5.74) is 2.15. The Morgan fingerprint density at radius 3 is 2.08 bits per heavy atom. The van der Waals surface area contributed by atoms with Crippen LogP contribution < -0.4 is 5.32 Å². The molecule has 0 saturated carbocycles. The number of rotatable bonds is 5. The van der Waals surface area contributed by atoms with Crippen molar-refractivity contribution in [2.24, 2.45) is 0 Å². The summed E-state index contributed by atoms with van der Waals surface area (Å²) in [5.74, 6) is -1.06. The minimum atomic E-state index is -0.836. The highest BCUT2D eigenvalue weighted by atomic mass is 35.5. The van der Waals surface area contributed by atoms with Crippen molar-refractivity contribution in [3.63, 3.8) is 0 Å². The van der Waals surface area contributed by atoms with Gasteiger partial charge in [0.05, 0.1) is 22.7 Å². The molecule has 0 aliphatic rings. The van der Waals surface area contributed by atoms with Gasteiger partial charge in [-0.1, -0.05) is 72.9 Å². The molecule has 1 N–H and O–H groups in total. The van der Waals surface area contributed by atoms with E-state index in [0.717, 1.165) is 11.1 Å². The van der Waals surface area contributed by atoms with Gasteiger partial charge in [-0.2, -0.15) is 0 Å². The molecule has 1 amide bonds. The largest absolute Gasteiger partial charge is 0.467 e. The lowest BCUT2D eigenvalue weighted by molar-refractivity contribution is -0.142. The smallest absolute Gasteiger partial charge is 0.328 e. The number of carbonyl (C=O) groups is 2. The maximum Gasteiger partial charge on any atom is 0.328 e. The fourth-order valence-electron chi connectivity index (χ4n) is 2.24. The van der Waals surface area contributed by atoms with E-state index in [0.29, 0.717) is 6.42 Å². The van der Waals surface area contributed by atoms with Gasteiger partial charge < -0.3 is 10.1 Å². The molecule has 2 rings (SSSR count). The average Bonchev–Trinajstić information content (AvgIpc) is 2.64. The third kappa shape index (κ3) is 6.04. The molecular weight excluding hydrogens is 373 g/mol. The van der Waals surface area contributed by atoms with Crippen molar-refractivity contribution >= 4 is 35.1 Å². The summed E-state index contributed by atoms with van der Waals surface area (Å²) in [5, 5.41) is 3.09. The van der Waals surface area contributed by atoms with E-state index in [4.69, 9.17) is 27.9 Å². The van der Waals surface area contributed by atoms with E-state index in [1.807, 2.05) is 45.0 Å². The van der Waals surface area contributed by atoms with Crippen molar-refractivity contribution in [2.75, 3.05) is 7.11 Å². The summed E-state index contributed by atoms with van der Waals surface area (Å²) < 4.78 is 4.79. The van der Waals surface area contributed by atoms with Crippen LogP contribution in [-0.4, -0.2) is 25.0 Å². The zero-order chi connectivity index (χ0) is 19.7. The van der Waals surface area contributed by atoms with Gasteiger partial charge in [-0.25, -0.2) is 4.79 Å². The minimum Gasteiger partial charge on any atom is -0.467 e. The number of halogens is 2. The standard InChI is InChI=1S/C18H17Cl2NO3.C2H6/c1-11-6-8-12(9-7-11)10-15(18(23)24-2)21-17(22)16-13(19)4-3-5-14(16)20;1-2/h3-9,15H,10H2,1-2H3,(H,21,22);1-2H3. The molecule has 140 valence electrons. The van der Waals surface area contributed by atoms with Crippen molar-refractivity contribution in [3.8, 4) is 0 Å². The van der Waals surface area contributed by atoms with Crippen molar-refractivity contribution in [3.05, 3.63) is 69.2 Å². The van der Waals surface area contributed by atoms with Crippen LogP contribution in [0.25, 0.3) is 0 Å². The highest BCUT2D eigenvalue weighted by Crippen LogP contribution is 2.24. The molecule has 0 saturated heterocycles. The number of hydrogen-bond donors (Lipinski definition) is 1. The Labute approximate surface area is 164 Å². The van der Waals surface area contributed by atoms with Gasteiger partial charge in [0.25, 0.3) is 5.91 Å². The first kappa shape index (κ1) is 22.0. The zero-order valence-electron chi connectivity index (χ0n) is 15.3. The Hall–Kier alpha value is -2.04. The van der Waals surface area contributed by atoms with Crippen LogP contribution in [0.15, 0.2) is 42.5 Å². The molecule has 26 heavy (non-hydrogen) atoms. The van der Waals surface area contributed by atoms with Crippen molar-refractivity contribution in [1.29, 1.82) is 0 Å². The van der Waals surface area contributed by atoms with Gasteiger partial charge in [-0.15, -0.1) is 0 Å². The first-order valence-corrected chi connectivity index (χ1v) is 9.06. The van der Waals surface area contributed by atoms with E-state index in [-0.39, 0.29) is 15.6 Å². The van der Waals surface area contributed by atoms with Gasteiger partial charge >= 0.3 is 5.97 Å². The lowest BCUT2D eigenvalue weighted by atomic mass is 10.0. The summed E-state index contributed by atoms with van der Waals surface area (Å²) in [4.78, 5) is 24.5. The first-order chi connectivity index (χ1) is 12.4. The highest BCUT2D eigenvalue weighted by molar-refractivity contribution is 6.39. The molecule has 2 aromatic rings. The third-order valence-corrected chi connectivity index (χ3v) is 4.17. The van der Waals surface area contributed by atoms with E-state index in [9.17, 15) is 9.59 Å². The van der Waals surface area contributed by atoms with Crippen LogP contribution in [0, 0.1) is 6.92 Å². The maximum atomic E-state index is 12.5. The molecule has 6 heteroatoms. The van der Waals surface area contributed by atoms with Crippen molar-refractivity contribution in [2.45, 2.75) is 33.2 Å². The highest BCUT2D eigenvalue weighted by Gasteiger charge is 2.24. The Balaban J connectivity index is 0.00000163. The molecule has 1 atom stereocenters. The number of benzene rings is 2. The maximum absolute atomic E-state index is 12.5. The fourth-order valence-corrected chi connectivity index (χ4v) is 2.81. The second-order valence-electron chi connectivity index (χ2n) is 5.34. The van der Waals surface area contributed by atoms with Gasteiger partial charge in [0.2, 0.25) is 0 Å². The molecule has 0 aromatic heterocycles. The molecule has 1 unspecified atom stereocenters. The summed E-state index contributed by atoms with van der Waals surface area (Å²) in [6, 6.07) is 11.6. The van der Waals surface area contributed by atoms with Crippen molar-refractivity contribution < 1.29 is 14.3 Å². The average molecular weight is 396 g/mol. The summed E-state index contributed by atoms with van der Waals surface area (Å²) in [7, 11) is 1.28. The van der Waals surface area contributed by atoms with Gasteiger partial charge in [0.15, 0.2) is 0 Å². The second-order valence-corrected chi connectivity index (χ2v) is 6.15. The predicted molar refractivity (Wildman–Crippen MR) is 106 cm³/mol. The van der Waals surface area contributed by atoms with Crippen LogP contribution >= 0.6 is 23.2 Å². The van der Waals surface area contributed by atoms with Crippen LogP contribution in [0.5, 0.6) is 0 Å². The van der Waals surface area contributed by atoms with Crippen LogP contribution in [0.1, 0.15) is 35.3 Å². The van der Waals surface area contributed by atoms with E-state index in [1.165, 1.54) is 7.11 Å². The fraction of sp³-hybridized carbons (Fsp3) is 0.300. The predicted octanol–water partition coefficient (Wildman–Crippen LogP) is 4.84. The monoisotopic (exact) mass is 395 g/mol. The number of esters is 1. The number of ether oxygens (including phenoxy) is 1. The first-order valence-electron chi connectivity index (χ1n) is 8.30. The van der Waals surface area contributed by atoms with E-state index in [2.05, 4.69) is 5.32 Å². The van der Waals surface area contributed by atoms with E-state index >= 15 is 0 Å². The molecule has 0 fully saturated rings. The van der Waals surface area contributed by atoms with Gasteiger partial charge in [0.1, 0.15) is 6.04 Å². The summed E-state index contributed by atoms with van der Waals surface area (Å²) >= 11 is 12.1. The normalized spacial score (nSPS) is 11.0. The summed E-state index contributed by atoms with van der Waals surface area (Å²) in [6.07, 6.45) is 0.306. The molecule has 0 radical (unpaired) electrons. The van der Waals surface area contributed by atoms with Gasteiger partial charge in [-0.05, 0) is 24.6 Å². The van der Waals surface area contributed by atoms with E-state index in [1.54, 1.807) is 18.2 Å². The molecule has 2 aromatic carbocycles. The molecule has 0 aliphatic carbocycles. The number of hydrogen-bond acceptors (Lipinski definition) is 3. The lowest BCUT2D eigenvalue weighted by Crippen LogP contribution is -2.43. The summed E-state index contributed by atoms with van der Waals surface area (Å²) in [6.45, 7) is 5.97. The lowest BCUT2D eigenvalue weighted by Gasteiger charge is -2.17. The number of amides is 1.